The quantitative estimate of drug-likeness (QED) is 0.392. The van der Waals surface area contributed by atoms with Gasteiger partial charge in [-0.3, -0.25) is 0 Å². The number of carbonyl (C=O) groups is 1. The molecule has 1 aromatic rings. The summed E-state index contributed by atoms with van der Waals surface area (Å²) in [6, 6.07) is 7.94. The minimum absolute atomic E-state index is 0.298. The lowest BCUT2D eigenvalue weighted by atomic mass is 9.95. The highest BCUT2D eigenvalue weighted by atomic mass is 16.5. The van der Waals surface area contributed by atoms with E-state index in [0.717, 1.165) is 5.56 Å². The molecule has 0 unspecified atom stereocenters. The van der Waals surface area contributed by atoms with Crippen LogP contribution in [0, 0.1) is 0 Å². The monoisotopic (exact) mass is 188 g/mol. The zero-order valence-corrected chi connectivity index (χ0v) is 8.49. The number of ether oxygens (including phenoxy) is 1. The van der Waals surface area contributed by atoms with Crippen molar-refractivity contribution in [2.75, 3.05) is 6.61 Å². The second kappa shape index (κ2) is 5.27. The second-order valence-electron chi connectivity index (χ2n) is 3.00. The van der Waals surface area contributed by atoms with Gasteiger partial charge in [0.05, 0.1) is 6.61 Å². The molecule has 72 valence electrons. The van der Waals surface area contributed by atoms with Crippen LogP contribution >= 0.6 is 0 Å². The summed E-state index contributed by atoms with van der Waals surface area (Å²) in [6.45, 7) is 2.20. The van der Waals surface area contributed by atoms with Crippen molar-refractivity contribution >= 4 is 25.4 Å². The number of rotatable bonds is 3. The Bertz CT molecular complexity index is 328. The predicted octanol–water partition coefficient (Wildman–Crippen LogP) is 0.521. The van der Waals surface area contributed by atoms with Gasteiger partial charge in [0.25, 0.3) is 0 Å². The van der Waals surface area contributed by atoms with E-state index in [-0.39, 0.29) is 5.97 Å². The van der Waals surface area contributed by atoms with Crippen LogP contribution in [-0.4, -0.2) is 20.4 Å². The van der Waals surface area contributed by atoms with E-state index in [1.165, 1.54) is 11.5 Å². The third-order valence-corrected chi connectivity index (χ3v) is 1.78. The summed E-state index contributed by atoms with van der Waals surface area (Å²) in [5, 5.41) is 0. The average molecular weight is 188 g/mol. The van der Waals surface area contributed by atoms with Gasteiger partial charge in [-0.15, -0.1) is 0 Å². The highest BCUT2D eigenvalue weighted by Crippen LogP contribution is 1.99. The van der Waals surface area contributed by atoms with E-state index in [0.29, 0.717) is 6.61 Å². The SMILES string of the molecule is Bc1ccc(/C=C/C(=O)OCC)cc1. The maximum absolute atomic E-state index is 11.0. The minimum atomic E-state index is -0.298. The molecule has 0 fully saturated rings. The third-order valence-electron chi connectivity index (χ3n) is 1.78. The molecule has 0 aromatic heterocycles. The molecule has 0 saturated heterocycles. The van der Waals surface area contributed by atoms with Gasteiger partial charge in [0.15, 0.2) is 0 Å². The fourth-order valence-electron chi connectivity index (χ4n) is 1.03. The Hall–Kier alpha value is -1.51. The normalized spacial score (nSPS) is 10.4. The maximum Gasteiger partial charge on any atom is 0.330 e. The third kappa shape index (κ3) is 3.48. The van der Waals surface area contributed by atoms with Gasteiger partial charge >= 0.3 is 5.97 Å². The van der Waals surface area contributed by atoms with Crippen molar-refractivity contribution in [3.8, 4) is 0 Å². The average Bonchev–Trinajstić information content (AvgIpc) is 2.17. The molecule has 0 spiro atoms. The lowest BCUT2D eigenvalue weighted by Gasteiger charge is -1.96. The summed E-state index contributed by atoms with van der Waals surface area (Å²) < 4.78 is 4.76. The highest BCUT2D eigenvalue weighted by molar-refractivity contribution is 6.32. The number of carbonyl (C=O) groups excluding carboxylic acids is 1. The summed E-state index contributed by atoms with van der Waals surface area (Å²) >= 11 is 0. The topological polar surface area (TPSA) is 26.3 Å². The van der Waals surface area contributed by atoms with E-state index < -0.39 is 0 Å². The standard InChI is InChI=1S/C11H13BO2/c1-2-14-11(13)8-5-9-3-6-10(12)7-4-9/h3-8H,2,12H2,1H3/b8-5+. The van der Waals surface area contributed by atoms with Crippen molar-refractivity contribution in [2.24, 2.45) is 0 Å². The lowest BCUT2D eigenvalue weighted by Crippen LogP contribution is -2.00. The molecular formula is C11H13BO2. The summed E-state index contributed by atoms with van der Waals surface area (Å²) in [5.41, 5.74) is 2.21. The fourth-order valence-corrected chi connectivity index (χ4v) is 1.03. The molecule has 1 aromatic carbocycles. The van der Waals surface area contributed by atoms with Crippen LogP contribution in [-0.2, 0) is 9.53 Å². The zero-order chi connectivity index (χ0) is 10.4. The molecule has 0 aliphatic heterocycles. The van der Waals surface area contributed by atoms with Crippen LogP contribution in [0.2, 0.25) is 0 Å². The van der Waals surface area contributed by atoms with Crippen molar-refractivity contribution in [1.29, 1.82) is 0 Å². The maximum atomic E-state index is 11.0. The second-order valence-corrected chi connectivity index (χ2v) is 3.00. The van der Waals surface area contributed by atoms with Gasteiger partial charge in [-0.2, -0.15) is 0 Å². The van der Waals surface area contributed by atoms with Crippen molar-refractivity contribution in [2.45, 2.75) is 6.92 Å². The number of esters is 1. The molecule has 0 amide bonds. The number of hydrogen-bond donors (Lipinski definition) is 0. The smallest absolute Gasteiger partial charge is 0.330 e. The minimum Gasteiger partial charge on any atom is -0.463 e. The fraction of sp³-hybridized carbons (Fsp3) is 0.182. The zero-order valence-electron chi connectivity index (χ0n) is 8.49. The van der Waals surface area contributed by atoms with E-state index in [1.54, 1.807) is 13.0 Å². The van der Waals surface area contributed by atoms with Gasteiger partial charge < -0.3 is 4.74 Å². The predicted molar refractivity (Wildman–Crippen MR) is 60.3 cm³/mol. The molecule has 14 heavy (non-hydrogen) atoms. The summed E-state index contributed by atoms with van der Waals surface area (Å²) in [6.07, 6.45) is 3.19. The number of benzene rings is 1. The van der Waals surface area contributed by atoms with Crippen molar-refractivity contribution < 1.29 is 9.53 Å². The van der Waals surface area contributed by atoms with Crippen LogP contribution in [0.5, 0.6) is 0 Å². The first-order valence-corrected chi connectivity index (χ1v) is 4.64. The largest absolute Gasteiger partial charge is 0.463 e. The Balaban J connectivity index is 2.60. The van der Waals surface area contributed by atoms with E-state index in [4.69, 9.17) is 4.74 Å². The molecule has 0 bridgehead atoms. The van der Waals surface area contributed by atoms with E-state index in [2.05, 4.69) is 0 Å². The summed E-state index contributed by atoms with van der Waals surface area (Å²) in [5.74, 6) is -0.298. The Kier molecular flexibility index (Phi) is 3.98. The Morgan fingerprint density at radius 3 is 2.64 bits per heavy atom. The van der Waals surface area contributed by atoms with Gasteiger partial charge in [0.1, 0.15) is 7.85 Å². The summed E-state index contributed by atoms with van der Waals surface area (Å²) in [4.78, 5) is 11.0. The van der Waals surface area contributed by atoms with Gasteiger partial charge in [0.2, 0.25) is 0 Å². The highest BCUT2D eigenvalue weighted by Gasteiger charge is 1.93. The molecule has 2 nitrogen and oxygen atoms in total. The molecule has 0 radical (unpaired) electrons. The Labute approximate surface area is 85.0 Å². The van der Waals surface area contributed by atoms with Gasteiger partial charge in [0, 0.05) is 6.08 Å². The van der Waals surface area contributed by atoms with Crippen molar-refractivity contribution in [3.63, 3.8) is 0 Å². The van der Waals surface area contributed by atoms with Crippen LogP contribution in [0.4, 0.5) is 0 Å². The Morgan fingerprint density at radius 1 is 1.43 bits per heavy atom. The molecule has 0 heterocycles. The van der Waals surface area contributed by atoms with E-state index in [1.807, 2.05) is 32.1 Å². The van der Waals surface area contributed by atoms with Crippen LogP contribution in [0.25, 0.3) is 6.08 Å². The first-order valence-electron chi connectivity index (χ1n) is 4.64. The first-order chi connectivity index (χ1) is 6.72. The molecule has 0 N–H and O–H groups in total. The summed E-state index contributed by atoms with van der Waals surface area (Å²) in [7, 11) is 2.03. The van der Waals surface area contributed by atoms with Gasteiger partial charge in [-0.1, -0.05) is 29.7 Å². The molecular weight excluding hydrogens is 175 g/mol. The first kappa shape index (κ1) is 10.6. The molecule has 1 rings (SSSR count). The van der Waals surface area contributed by atoms with Crippen LogP contribution in [0.15, 0.2) is 30.3 Å². The number of hydrogen-bond acceptors (Lipinski definition) is 2. The van der Waals surface area contributed by atoms with Gasteiger partial charge in [-0.25, -0.2) is 4.79 Å². The molecule has 0 aliphatic carbocycles. The van der Waals surface area contributed by atoms with Crippen molar-refractivity contribution in [1.82, 2.24) is 0 Å². The van der Waals surface area contributed by atoms with E-state index in [9.17, 15) is 4.79 Å². The van der Waals surface area contributed by atoms with Crippen LogP contribution in [0.3, 0.4) is 0 Å². The molecule has 0 aliphatic rings. The van der Waals surface area contributed by atoms with Gasteiger partial charge in [-0.05, 0) is 18.6 Å². The molecule has 0 saturated carbocycles. The Morgan fingerprint density at radius 2 is 2.07 bits per heavy atom. The van der Waals surface area contributed by atoms with Crippen molar-refractivity contribution in [3.05, 3.63) is 35.9 Å². The lowest BCUT2D eigenvalue weighted by molar-refractivity contribution is -0.137. The molecule has 3 heteroatoms. The molecule has 0 atom stereocenters. The van der Waals surface area contributed by atoms with Crippen LogP contribution < -0.4 is 5.46 Å². The van der Waals surface area contributed by atoms with E-state index >= 15 is 0 Å². The van der Waals surface area contributed by atoms with Crippen LogP contribution in [0.1, 0.15) is 12.5 Å².